The zero-order valence-corrected chi connectivity index (χ0v) is 14.5. The van der Waals surface area contributed by atoms with E-state index < -0.39 is 0 Å². The Morgan fingerprint density at radius 3 is 1.96 bits per heavy atom. The number of ether oxygens (including phenoxy) is 1. The van der Waals surface area contributed by atoms with E-state index in [-0.39, 0.29) is 11.7 Å². The van der Waals surface area contributed by atoms with Crippen molar-refractivity contribution in [1.29, 1.82) is 0 Å². The Balaban J connectivity index is 1.77. The molecule has 0 aliphatic carbocycles. The van der Waals surface area contributed by atoms with Crippen molar-refractivity contribution in [3.63, 3.8) is 0 Å². The topological polar surface area (TPSA) is 32.7 Å². The number of hydrogen-bond acceptors (Lipinski definition) is 4. The molecular weight excluding hydrogens is 330 g/mol. The third-order valence-corrected chi connectivity index (χ3v) is 4.83. The van der Waals surface area contributed by atoms with E-state index in [9.17, 15) is 5.11 Å². The van der Waals surface area contributed by atoms with Gasteiger partial charge in [0.05, 0.1) is 5.92 Å². The van der Waals surface area contributed by atoms with Crippen molar-refractivity contribution in [2.45, 2.75) is 5.92 Å². The molecule has 0 fully saturated rings. The summed E-state index contributed by atoms with van der Waals surface area (Å²) in [5, 5.41) is 9.93. The fraction of sp³-hybridized carbons (Fsp3) is 0.0952. The molecule has 124 valence electrons. The van der Waals surface area contributed by atoms with Crippen molar-refractivity contribution in [2.75, 3.05) is 11.9 Å². The average molecular weight is 347 g/mol. The molecule has 1 heterocycles. The molecule has 0 unspecified atom stereocenters. The van der Waals surface area contributed by atoms with Crippen LogP contribution in [-0.4, -0.2) is 17.2 Å². The SMILES string of the molecule is CN1c2ccccc2C(C(=S)Oc2ccc(O)cc2)c2ccccc21. The number of fused-ring (bicyclic) bond motifs is 2. The van der Waals surface area contributed by atoms with E-state index in [1.807, 2.05) is 24.3 Å². The molecule has 1 aliphatic rings. The van der Waals surface area contributed by atoms with Crippen LogP contribution in [0.15, 0.2) is 72.8 Å². The summed E-state index contributed by atoms with van der Waals surface area (Å²) in [4.78, 5) is 2.18. The van der Waals surface area contributed by atoms with Crippen molar-refractivity contribution >= 4 is 28.6 Å². The minimum atomic E-state index is -0.118. The molecule has 3 nitrogen and oxygen atoms in total. The van der Waals surface area contributed by atoms with Gasteiger partial charge in [-0.25, -0.2) is 0 Å². The van der Waals surface area contributed by atoms with Gasteiger partial charge in [0.2, 0.25) is 0 Å². The quantitative estimate of drug-likeness (QED) is 0.661. The van der Waals surface area contributed by atoms with Crippen LogP contribution in [0, 0.1) is 0 Å². The third-order valence-electron chi connectivity index (χ3n) is 4.51. The number of thiocarbonyl (C=S) groups is 1. The molecule has 0 saturated carbocycles. The molecule has 3 aromatic carbocycles. The first-order valence-electron chi connectivity index (χ1n) is 8.07. The van der Waals surface area contributed by atoms with Crippen LogP contribution in [0.3, 0.4) is 0 Å². The van der Waals surface area contributed by atoms with Crippen molar-refractivity contribution in [2.24, 2.45) is 0 Å². The lowest BCUT2D eigenvalue weighted by atomic mass is 9.85. The summed E-state index contributed by atoms with van der Waals surface area (Å²) < 4.78 is 5.96. The number of benzene rings is 3. The monoisotopic (exact) mass is 347 g/mol. The Hall–Kier alpha value is -2.85. The molecule has 4 rings (SSSR count). The van der Waals surface area contributed by atoms with Crippen molar-refractivity contribution < 1.29 is 9.84 Å². The van der Waals surface area contributed by atoms with Crippen LogP contribution in [0.1, 0.15) is 17.0 Å². The summed E-state index contributed by atoms with van der Waals surface area (Å²) in [5.74, 6) is 0.706. The molecule has 0 aromatic heterocycles. The first kappa shape index (κ1) is 15.7. The molecule has 0 saturated heterocycles. The zero-order valence-electron chi connectivity index (χ0n) is 13.7. The van der Waals surface area contributed by atoms with Crippen LogP contribution in [0.4, 0.5) is 11.4 Å². The van der Waals surface area contributed by atoms with Gasteiger partial charge in [-0.1, -0.05) is 36.4 Å². The highest BCUT2D eigenvalue weighted by Crippen LogP contribution is 2.45. The highest BCUT2D eigenvalue weighted by atomic mass is 32.1. The Morgan fingerprint density at radius 1 is 0.880 bits per heavy atom. The van der Waals surface area contributed by atoms with Gasteiger partial charge in [-0.05, 0) is 59.7 Å². The maximum absolute atomic E-state index is 9.44. The molecule has 0 spiro atoms. The van der Waals surface area contributed by atoms with Gasteiger partial charge >= 0.3 is 0 Å². The number of nitrogens with zero attached hydrogens (tertiary/aromatic N) is 1. The fourth-order valence-electron chi connectivity index (χ4n) is 3.31. The first-order chi connectivity index (χ1) is 12.1. The minimum Gasteiger partial charge on any atom is -0.508 e. The Bertz CT molecular complexity index is 889. The van der Waals surface area contributed by atoms with Crippen molar-refractivity contribution in [1.82, 2.24) is 0 Å². The van der Waals surface area contributed by atoms with Gasteiger partial charge in [0, 0.05) is 18.4 Å². The summed E-state index contributed by atoms with van der Waals surface area (Å²) in [6.45, 7) is 0. The van der Waals surface area contributed by atoms with Crippen LogP contribution >= 0.6 is 12.2 Å². The summed E-state index contributed by atoms with van der Waals surface area (Å²) in [5.41, 5.74) is 4.52. The third kappa shape index (κ3) is 2.75. The van der Waals surface area contributed by atoms with Crippen LogP contribution in [0.5, 0.6) is 11.5 Å². The van der Waals surface area contributed by atoms with Gasteiger partial charge < -0.3 is 14.7 Å². The Kier molecular flexibility index (Phi) is 3.90. The average Bonchev–Trinajstić information content (AvgIpc) is 2.64. The van der Waals surface area contributed by atoms with E-state index in [2.05, 4.69) is 36.2 Å². The highest BCUT2D eigenvalue weighted by Gasteiger charge is 2.32. The maximum atomic E-state index is 9.44. The summed E-state index contributed by atoms with van der Waals surface area (Å²) in [6, 6.07) is 23.1. The molecule has 1 aliphatic heterocycles. The second-order valence-electron chi connectivity index (χ2n) is 6.02. The molecule has 4 heteroatoms. The van der Waals surface area contributed by atoms with E-state index in [1.54, 1.807) is 24.3 Å². The van der Waals surface area contributed by atoms with E-state index in [1.165, 1.54) is 0 Å². The summed E-state index contributed by atoms with van der Waals surface area (Å²) in [7, 11) is 2.07. The van der Waals surface area contributed by atoms with Gasteiger partial charge in [0.15, 0.2) is 5.05 Å². The van der Waals surface area contributed by atoms with Crippen molar-refractivity contribution in [3.05, 3.63) is 83.9 Å². The van der Waals surface area contributed by atoms with Crippen LogP contribution in [0.25, 0.3) is 0 Å². The largest absolute Gasteiger partial charge is 0.508 e. The smallest absolute Gasteiger partial charge is 0.179 e. The normalized spacial score (nSPS) is 13.1. The molecule has 0 radical (unpaired) electrons. The van der Waals surface area contributed by atoms with Crippen LogP contribution in [0.2, 0.25) is 0 Å². The number of aromatic hydroxyl groups is 1. The van der Waals surface area contributed by atoms with E-state index >= 15 is 0 Å². The molecule has 0 atom stereocenters. The van der Waals surface area contributed by atoms with E-state index in [0.29, 0.717) is 10.8 Å². The summed E-state index contributed by atoms with van der Waals surface area (Å²) >= 11 is 5.68. The van der Waals surface area contributed by atoms with Gasteiger partial charge in [0.1, 0.15) is 11.5 Å². The predicted octanol–water partition coefficient (Wildman–Crippen LogP) is 5.01. The number of hydrogen-bond donors (Lipinski definition) is 1. The van der Waals surface area contributed by atoms with E-state index in [0.717, 1.165) is 22.5 Å². The lowest BCUT2D eigenvalue weighted by molar-refractivity contribution is 0.472. The molecule has 3 aromatic rings. The number of phenols is 1. The van der Waals surface area contributed by atoms with Crippen molar-refractivity contribution in [3.8, 4) is 11.5 Å². The number of phenolic OH excluding ortho intramolecular Hbond substituents is 1. The zero-order chi connectivity index (χ0) is 17.4. The van der Waals surface area contributed by atoms with Gasteiger partial charge in [-0.15, -0.1) is 0 Å². The number of anilines is 2. The lowest BCUT2D eigenvalue weighted by Gasteiger charge is -2.35. The summed E-state index contributed by atoms with van der Waals surface area (Å²) in [6.07, 6.45) is 0. The van der Waals surface area contributed by atoms with Gasteiger partial charge in [0.25, 0.3) is 0 Å². The molecule has 0 bridgehead atoms. The predicted molar refractivity (Wildman–Crippen MR) is 104 cm³/mol. The number of para-hydroxylation sites is 2. The van der Waals surface area contributed by atoms with Gasteiger partial charge in [-0.3, -0.25) is 0 Å². The molecule has 0 amide bonds. The molecule has 1 N–H and O–H groups in total. The van der Waals surface area contributed by atoms with Crippen LogP contribution < -0.4 is 9.64 Å². The Morgan fingerprint density at radius 2 is 1.40 bits per heavy atom. The second kappa shape index (κ2) is 6.22. The highest BCUT2D eigenvalue weighted by molar-refractivity contribution is 7.80. The lowest BCUT2D eigenvalue weighted by Crippen LogP contribution is -2.27. The minimum absolute atomic E-state index is 0.118. The number of rotatable bonds is 2. The molecule has 25 heavy (non-hydrogen) atoms. The fourth-order valence-corrected chi connectivity index (χ4v) is 3.66. The van der Waals surface area contributed by atoms with Gasteiger partial charge in [-0.2, -0.15) is 0 Å². The first-order valence-corrected chi connectivity index (χ1v) is 8.48. The van der Waals surface area contributed by atoms with Crippen LogP contribution in [-0.2, 0) is 0 Å². The standard InChI is InChI=1S/C21H17NO2S/c1-22-18-8-4-2-6-16(18)20(17-7-3-5-9-19(17)22)21(25)24-15-12-10-14(23)11-13-15/h2-13,20,23H,1H3. The maximum Gasteiger partial charge on any atom is 0.179 e. The van der Waals surface area contributed by atoms with E-state index in [4.69, 9.17) is 17.0 Å². The Labute approximate surface area is 152 Å². The second-order valence-corrected chi connectivity index (χ2v) is 6.43. The molecular formula is C21H17NO2S.